The fourth-order valence-electron chi connectivity index (χ4n) is 3.57. The lowest BCUT2D eigenvalue weighted by atomic mass is 9.94. The summed E-state index contributed by atoms with van der Waals surface area (Å²) >= 11 is 6.02. The average Bonchev–Trinajstić information content (AvgIpc) is 3.02. The van der Waals surface area contributed by atoms with E-state index < -0.39 is 5.54 Å². The molecule has 0 bridgehead atoms. The van der Waals surface area contributed by atoms with Crippen LogP contribution in [0, 0.1) is 6.92 Å². The van der Waals surface area contributed by atoms with Crippen molar-refractivity contribution in [2.24, 2.45) is 5.73 Å². The molecule has 0 radical (unpaired) electrons. The average molecular weight is 338 g/mol. The van der Waals surface area contributed by atoms with Gasteiger partial charge in [0.05, 0.1) is 6.61 Å². The summed E-state index contributed by atoms with van der Waals surface area (Å²) in [5.41, 5.74) is 7.60. The third kappa shape index (κ3) is 3.38. The zero-order valence-electron chi connectivity index (χ0n) is 13.6. The number of piperazine rings is 1. The van der Waals surface area contributed by atoms with Gasteiger partial charge < -0.3 is 10.5 Å². The van der Waals surface area contributed by atoms with Crippen LogP contribution in [0.3, 0.4) is 0 Å². The molecule has 1 atom stereocenters. The van der Waals surface area contributed by atoms with E-state index in [0.717, 1.165) is 37.7 Å². The molecule has 3 rings (SSSR count). The van der Waals surface area contributed by atoms with Gasteiger partial charge in [-0.05, 0) is 30.2 Å². The van der Waals surface area contributed by atoms with Crippen molar-refractivity contribution < 1.29 is 9.53 Å². The van der Waals surface area contributed by atoms with E-state index in [9.17, 15) is 4.79 Å². The van der Waals surface area contributed by atoms with Gasteiger partial charge >= 0.3 is 0 Å². The van der Waals surface area contributed by atoms with E-state index in [-0.39, 0.29) is 5.91 Å². The maximum atomic E-state index is 11.9. The molecule has 2 fully saturated rings. The van der Waals surface area contributed by atoms with Crippen molar-refractivity contribution in [3.8, 4) is 0 Å². The predicted molar refractivity (Wildman–Crippen MR) is 90.4 cm³/mol. The minimum atomic E-state index is -0.595. The van der Waals surface area contributed by atoms with Crippen LogP contribution in [0.25, 0.3) is 0 Å². The van der Waals surface area contributed by atoms with E-state index in [4.69, 9.17) is 22.1 Å². The molecule has 6 heteroatoms. The Kier molecular flexibility index (Phi) is 4.92. The first-order valence-electron chi connectivity index (χ1n) is 8.11. The lowest BCUT2D eigenvalue weighted by Gasteiger charge is -2.43. The minimum Gasteiger partial charge on any atom is -0.379 e. The van der Waals surface area contributed by atoms with E-state index in [2.05, 4.69) is 22.8 Å². The number of hydrogen-bond acceptors (Lipinski definition) is 4. The van der Waals surface area contributed by atoms with Crippen molar-refractivity contribution in [3.63, 3.8) is 0 Å². The molecule has 1 aromatic rings. The quantitative estimate of drug-likeness (QED) is 0.902. The summed E-state index contributed by atoms with van der Waals surface area (Å²) in [6, 6.07) is 6.04. The molecule has 1 unspecified atom stereocenters. The van der Waals surface area contributed by atoms with Gasteiger partial charge in [0.15, 0.2) is 0 Å². The van der Waals surface area contributed by atoms with Gasteiger partial charge in [0, 0.05) is 50.8 Å². The monoisotopic (exact) mass is 337 g/mol. The summed E-state index contributed by atoms with van der Waals surface area (Å²) in [6.45, 7) is 7.60. The second-order valence-electron chi connectivity index (χ2n) is 6.53. The summed E-state index contributed by atoms with van der Waals surface area (Å²) in [7, 11) is 0. The molecule has 2 saturated heterocycles. The van der Waals surface area contributed by atoms with E-state index in [1.165, 1.54) is 11.1 Å². The zero-order valence-corrected chi connectivity index (χ0v) is 14.3. The summed E-state index contributed by atoms with van der Waals surface area (Å²) in [5, 5.41) is 0.778. The molecule has 0 saturated carbocycles. The van der Waals surface area contributed by atoms with Gasteiger partial charge in [-0.3, -0.25) is 14.6 Å². The van der Waals surface area contributed by atoms with Crippen LogP contribution < -0.4 is 5.73 Å². The summed E-state index contributed by atoms with van der Waals surface area (Å²) in [6.07, 6.45) is 0.707. The van der Waals surface area contributed by atoms with Crippen LogP contribution in [0.2, 0.25) is 5.02 Å². The van der Waals surface area contributed by atoms with Gasteiger partial charge in [0.1, 0.15) is 5.54 Å². The number of nitrogens with zero attached hydrogens (tertiary/aromatic N) is 2. The minimum absolute atomic E-state index is 0.253. The van der Waals surface area contributed by atoms with Gasteiger partial charge in [0.2, 0.25) is 5.91 Å². The molecule has 2 aliphatic heterocycles. The highest BCUT2D eigenvalue weighted by molar-refractivity contribution is 6.30. The Labute approximate surface area is 142 Å². The SMILES string of the molecule is Cc1cc(Cl)ccc1CN1CCN(C2(C(N)=O)CCOC2)CC1. The third-order valence-corrected chi connectivity index (χ3v) is 5.37. The number of ether oxygens (including phenoxy) is 1. The number of benzene rings is 1. The van der Waals surface area contributed by atoms with E-state index in [1.807, 2.05) is 12.1 Å². The van der Waals surface area contributed by atoms with Crippen molar-refractivity contribution in [3.05, 3.63) is 34.3 Å². The number of carbonyl (C=O) groups is 1. The number of carbonyl (C=O) groups excluding carboxylic acids is 1. The third-order valence-electron chi connectivity index (χ3n) is 5.14. The molecule has 1 amide bonds. The van der Waals surface area contributed by atoms with Gasteiger partial charge in [0.25, 0.3) is 0 Å². The van der Waals surface area contributed by atoms with Gasteiger partial charge in [-0.15, -0.1) is 0 Å². The lowest BCUT2D eigenvalue weighted by Crippen LogP contribution is -2.63. The van der Waals surface area contributed by atoms with Crippen LogP contribution in [0.1, 0.15) is 17.5 Å². The number of amides is 1. The van der Waals surface area contributed by atoms with Crippen LogP contribution in [-0.2, 0) is 16.1 Å². The molecule has 23 heavy (non-hydrogen) atoms. The maximum absolute atomic E-state index is 11.9. The standard InChI is InChI=1S/C17H24ClN3O2/c1-13-10-15(18)3-2-14(13)11-20-5-7-21(8-6-20)17(16(19)22)4-9-23-12-17/h2-3,10H,4-9,11-12H2,1H3,(H2,19,22). The molecule has 0 aromatic heterocycles. The Morgan fingerprint density at radius 2 is 2.09 bits per heavy atom. The van der Waals surface area contributed by atoms with Gasteiger partial charge in [-0.2, -0.15) is 0 Å². The van der Waals surface area contributed by atoms with Crippen molar-refractivity contribution in [2.75, 3.05) is 39.4 Å². The van der Waals surface area contributed by atoms with Gasteiger partial charge in [-0.1, -0.05) is 17.7 Å². The van der Waals surface area contributed by atoms with Crippen molar-refractivity contribution >= 4 is 17.5 Å². The van der Waals surface area contributed by atoms with Crippen molar-refractivity contribution in [1.82, 2.24) is 9.80 Å². The molecule has 2 aliphatic rings. The Morgan fingerprint density at radius 3 is 2.65 bits per heavy atom. The van der Waals surface area contributed by atoms with Crippen LogP contribution in [0.4, 0.5) is 0 Å². The zero-order chi connectivity index (χ0) is 16.4. The summed E-state index contributed by atoms with van der Waals surface area (Å²) in [4.78, 5) is 16.6. The highest BCUT2D eigenvalue weighted by Gasteiger charge is 2.46. The van der Waals surface area contributed by atoms with Crippen molar-refractivity contribution in [2.45, 2.75) is 25.4 Å². The molecule has 0 spiro atoms. The van der Waals surface area contributed by atoms with Crippen LogP contribution in [0.5, 0.6) is 0 Å². The topological polar surface area (TPSA) is 58.8 Å². The number of aryl methyl sites for hydroxylation is 1. The normalized spacial score (nSPS) is 26.5. The fourth-order valence-corrected chi connectivity index (χ4v) is 3.79. The Hall–Kier alpha value is -1.14. The molecular formula is C17H24ClN3O2. The molecule has 5 nitrogen and oxygen atoms in total. The number of hydrogen-bond donors (Lipinski definition) is 1. The Bertz CT molecular complexity index is 579. The molecular weight excluding hydrogens is 314 g/mol. The van der Waals surface area contributed by atoms with E-state index in [1.54, 1.807) is 0 Å². The largest absolute Gasteiger partial charge is 0.379 e. The Morgan fingerprint density at radius 1 is 1.35 bits per heavy atom. The Balaban J connectivity index is 1.61. The molecule has 2 heterocycles. The van der Waals surface area contributed by atoms with Crippen molar-refractivity contribution in [1.29, 1.82) is 0 Å². The van der Waals surface area contributed by atoms with Gasteiger partial charge in [-0.25, -0.2) is 0 Å². The highest BCUT2D eigenvalue weighted by atomic mass is 35.5. The second-order valence-corrected chi connectivity index (χ2v) is 6.97. The fraction of sp³-hybridized carbons (Fsp3) is 0.588. The maximum Gasteiger partial charge on any atom is 0.240 e. The number of nitrogens with two attached hydrogens (primary N) is 1. The number of primary amides is 1. The smallest absolute Gasteiger partial charge is 0.240 e. The molecule has 2 N–H and O–H groups in total. The van der Waals surface area contributed by atoms with Crippen LogP contribution in [0.15, 0.2) is 18.2 Å². The first kappa shape index (κ1) is 16.7. The molecule has 126 valence electrons. The van der Waals surface area contributed by atoms with E-state index >= 15 is 0 Å². The first-order chi connectivity index (χ1) is 11.0. The number of rotatable bonds is 4. The van der Waals surface area contributed by atoms with Crippen LogP contribution >= 0.6 is 11.6 Å². The van der Waals surface area contributed by atoms with E-state index in [0.29, 0.717) is 19.6 Å². The molecule has 0 aliphatic carbocycles. The molecule has 1 aromatic carbocycles. The lowest BCUT2D eigenvalue weighted by molar-refractivity contribution is -0.132. The number of halogens is 1. The highest BCUT2D eigenvalue weighted by Crippen LogP contribution is 2.27. The first-order valence-corrected chi connectivity index (χ1v) is 8.49. The summed E-state index contributed by atoms with van der Waals surface area (Å²) < 4.78 is 5.46. The second kappa shape index (κ2) is 6.77. The van der Waals surface area contributed by atoms with Crippen LogP contribution in [-0.4, -0.2) is 60.6 Å². The predicted octanol–water partition coefficient (Wildman–Crippen LogP) is 1.41. The summed E-state index contributed by atoms with van der Waals surface area (Å²) in [5.74, 6) is -0.253.